The Bertz CT molecular complexity index is 2290. The van der Waals surface area contributed by atoms with Gasteiger partial charge in [-0.15, -0.1) is 0 Å². The van der Waals surface area contributed by atoms with Gasteiger partial charge in [0.05, 0.1) is 11.2 Å². The van der Waals surface area contributed by atoms with E-state index in [0.29, 0.717) is 0 Å². The van der Waals surface area contributed by atoms with Crippen molar-refractivity contribution in [3.63, 3.8) is 0 Å². The van der Waals surface area contributed by atoms with Crippen molar-refractivity contribution in [2.45, 2.75) is 13.8 Å². The monoisotopic (exact) mass is 564 g/mol. The Hall–Kier alpha value is -5.60. The van der Waals surface area contributed by atoms with Crippen LogP contribution in [0.15, 0.2) is 158 Å². The molecule has 0 saturated heterocycles. The molecule has 2 aromatic heterocycles. The fourth-order valence-electron chi connectivity index (χ4n) is 6.18. The molecule has 2 heterocycles. The summed E-state index contributed by atoms with van der Waals surface area (Å²) in [5.74, 6) is 0. The summed E-state index contributed by atoms with van der Waals surface area (Å²) in [6.07, 6.45) is 7.65. The standard InChI is InChI=1S/C36H22N2.C6H10/c1-2-20-38-34(5-1)30-16-11-26-12-17-31-29(15-10-25-13-18-32(30)36(26)35(25)31)24-8-6-23(7-9-24)27-14-19-33-28(22-27)4-3-21-37-33;1-4-5-6(2)3/h1-22H;4-5H,2H2,1,3H3/b;5-4-. The van der Waals surface area contributed by atoms with E-state index in [1.54, 1.807) is 0 Å². The second kappa shape index (κ2) is 11.6. The Morgan fingerprint density at radius 2 is 1.20 bits per heavy atom. The normalized spacial score (nSPS) is 11.4. The van der Waals surface area contributed by atoms with Crippen molar-refractivity contribution >= 4 is 43.2 Å². The predicted molar refractivity (Wildman–Crippen MR) is 189 cm³/mol. The molecule has 210 valence electrons. The number of hydrogen-bond donors (Lipinski definition) is 0. The fourth-order valence-corrected chi connectivity index (χ4v) is 6.18. The first-order chi connectivity index (χ1) is 21.6. The number of benzene rings is 6. The second-order valence-electron chi connectivity index (χ2n) is 11.2. The minimum Gasteiger partial charge on any atom is -0.256 e. The molecule has 0 fully saturated rings. The molecule has 6 aromatic carbocycles. The average Bonchev–Trinajstić information content (AvgIpc) is 3.07. The van der Waals surface area contributed by atoms with Crippen LogP contribution in [-0.2, 0) is 0 Å². The van der Waals surface area contributed by atoms with Gasteiger partial charge in [-0.25, -0.2) is 0 Å². The lowest BCUT2D eigenvalue weighted by Crippen LogP contribution is -1.90. The first-order valence-electron chi connectivity index (χ1n) is 15.0. The minimum absolute atomic E-state index is 1.01. The first-order valence-corrected chi connectivity index (χ1v) is 15.0. The Labute approximate surface area is 258 Å². The Morgan fingerprint density at radius 1 is 0.568 bits per heavy atom. The first kappa shape index (κ1) is 27.2. The van der Waals surface area contributed by atoms with Crippen molar-refractivity contribution in [2.24, 2.45) is 0 Å². The molecule has 2 heteroatoms. The second-order valence-corrected chi connectivity index (χ2v) is 11.2. The number of rotatable bonds is 4. The van der Waals surface area contributed by atoms with E-state index in [4.69, 9.17) is 0 Å². The molecule has 8 aromatic rings. The van der Waals surface area contributed by atoms with Gasteiger partial charge in [0.15, 0.2) is 0 Å². The molecule has 0 amide bonds. The lowest BCUT2D eigenvalue weighted by atomic mass is 9.87. The molecule has 0 radical (unpaired) electrons. The highest BCUT2D eigenvalue weighted by atomic mass is 14.7. The van der Waals surface area contributed by atoms with Crippen molar-refractivity contribution < 1.29 is 0 Å². The highest BCUT2D eigenvalue weighted by Crippen LogP contribution is 2.42. The summed E-state index contributed by atoms with van der Waals surface area (Å²) in [5.41, 5.74) is 9.19. The molecular formula is C42H32N2. The summed E-state index contributed by atoms with van der Waals surface area (Å²) in [6.45, 7) is 7.61. The van der Waals surface area contributed by atoms with Crippen molar-refractivity contribution in [3.05, 3.63) is 158 Å². The van der Waals surface area contributed by atoms with E-state index < -0.39 is 0 Å². The largest absolute Gasteiger partial charge is 0.256 e. The number of allylic oxidation sites excluding steroid dienone is 3. The Balaban J connectivity index is 0.000000477. The zero-order valence-electron chi connectivity index (χ0n) is 25.0. The van der Waals surface area contributed by atoms with Crippen LogP contribution in [-0.4, -0.2) is 9.97 Å². The molecule has 0 aliphatic heterocycles. The summed E-state index contributed by atoms with van der Waals surface area (Å²) >= 11 is 0. The summed E-state index contributed by atoms with van der Waals surface area (Å²) in [4.78, 5) is 9.10. The van der Waals surface area contributed by atoms with Gasteiger partial charge in [0, 0.05) is 23.3 Å². The van der Waals surface area contributed by atoms with Crippen molar-refractivity contribution in [1.82, 2.24) is 9.97 Å². The van der Waals surface area contributed by atoms with Crippen LogP contribution in [0.5, 0.6) is 0 Å². The van der Waals surface area contributed by atoms with Gasteiger partial charge in [-0.1, -0.05) is 115 Å². The summed E-state index contributed by atoms with van der Waals surface area (Å²) < 4.78 is 0. The summed E-state index contributed by atoms with van der Waals surface area (Å²) in [6, 6.07) is 43.6. The Kier molecular flexibility index (Phi) is 7.17. The molecule has 0 atom stereocenters. The van der Waals surface area contributed by atoms with Gasteiger partial charge in [0.25, 0.3) is 0 Å². The third-order valence-corrected chi connectivity index (χ3v) is 8.19. The number of fused-ring (bicyclic) bond motifs is 1. The minimum atomic E-state index is 1.01. The zero-order valence-corrected chi connectivity index (χ0v) is 25.0. The van der Waals surface area contributed by atoms with Gasteiger partial charge >= 0.3 is 0 Å². The van der Waals surface area contributed by atoms with E-state index in [9.17, 15) is 0 Å². The van der Waals surface area contributed by atoms with Gasteiger partial charge < -0.3 is 0 Å². The zero-order chi connectivity index (χ0) is 30.0. The van der Waals surface area contributed by atoms with Crippen LogP contribution in [0.25, 0.3) is 76.7 Å². The molecule has 0 bridgehead atoms. The predicted octanol–water partition coefficient (Wildman–Crippen LogP) is 11.7. The van der Waals surface area contributed by atoms with Gasteiger partial charge in [0.2, 0.25) is 0 Å². The lowest BCUT2D eigenvalue weighted by Gasteiger charge is -2.16. The molecule has 0 unspecified atom stereocenters. The number of hydrogen-bond acceptors (Lipinski definition) is 2. The molecule has 0 spiro atoms. The van der Waals surface area contributed by atoms with Gasteiger partial charge in [0.1, 0.15) is 0 Å². The smallest absolute Gasteiger partial charge is 0.0708 e. The van der Waals surface area contributed by atoms with Crippen LogP contribution in [0, 0.1) is 0 Å². The quantitative estimate of drug-likeness (QED) is 0.157. The number of pyridine rings is 2. The van der Waals surface area contributed by atoms with Crippen molar-refractivity contribution in [3.8, 4) is 33.5 Å². The maximum absolute atomic E-state index is 4.64. The van der Waals surface area contributed by atoms with E-state index >= 15 is 0 Å². The van der Waals surface area contributed by atoms with Crippen LogP contribution >= 0.6 is 0 Å². The van der Waals surface area contributed by atoms with Crippen LogP contribution in [0.3, 0.4) is 0 Å². The molecule has 0 aliphatic rings. The average molecular weight is 565 g/mol. The SMILES string of the molecule is C=C(C)/C=C\C.c1ccc(-c2ccc3ccc4c(-c5ccc(-c6ccc7ncccc7c6)cc5)ccc5ccc2c3c54)nc1. The molecule has 2 nitrogen and oxygen atoms in total. The van der Waals surface area contributed by atoms with Crippen molar-refractivity contribution in [1.29, 1.82) is 0 Å². The van der Waals surface area contributed by atoms with Crippen LogP contribution < -0.4 is 0 Å². The highest BCUT2D eigenvalue weighted by Gasteiger charge is 2.15. The molecular weight excluding hydrogens is 532 g/mol. The summed E-state index contributed by atoms with van der Waals surface area (Å²) in [7, 11) is 0. The van der Waals surface area contributed by atoms with Crippen LogP contribution in [0.2, 0.25) is 0 Å². The lowest BCUT2D eigenvalue weighted by molar-refractivity contribution is 1.33. The molecule has 0 aliphatic carbocycles. The number of nitrogens with zero attached hydrogens (tertiary/aromatic N) is 2. The van der Waals surface area contributed by atoms with Crippen LogP contribution in [0.4, 0.5) is 0 Å². The molecule has 0 saturated carbocycles. The topological polar surface area (TPSA) is 25.8 Å². The maximum Gasteiger partial charge on any atom is 0.0708 e. The van der Waals surface area contributed by atoms with E-state index in [1.165, 1.54) is 60.1 Å². The maximum atomic E-state index is 4.64. The van der Waals surface area contributed by atoms with Gasteiger partial charge in [-0.3, -0.25) is 9.97 Å². The van der Waals surface area contributed by atoms with E-state index in [1.807, 2.05) is 50.5 Å². The molecule has 8 rings (SSSR count). The van der Waals surface area contributed by atoms with Gasteiger partial charge in [-0.2, -0.15) is 0 Å². The van der Waals surface area contributed by atoms with E-state index in [0.717, 1.165) is 22.2 Å². The molecule has 0 N–H and O–H groups in total. The third kappa shape index (κ3) is 5.01. The summed E-state index contributed by atoms with van der Waals surface area (Å²) in [5, 5.41) is 8.84. The van der Waals surface area contributed by atoms with Gasteiger partial charge in [-0.05, 0) is 98.8 Å². The molecule has 44 heavy (non-hydrogen) atoms. The van der Waals surface area contributed by atoms with E-state index in [2.05, 4.69) is 126 Å². The third-order valence-electron chi connectivity index (χ3n) is 8.19. The van der Waals surface area contributed by atoms with Crippen LogP contribution in [0.1, 0.15) is 13.8 Å². The van der Waals surface area contributed by atoms with Crippen molar-refractivity contribution in [2.75, 3.05) is 0 Å². The van der Waals surface area contributed by atoms with E-state index in [-0.39, 0.29) is 0 Å². The Morgan fingerprint density at radius 3 is 1.86 bits per heavy atom. The highest BCUT2D eigenvalue weighted by molar-refractivity contribution is 6.27. The fraction of sp³-hybridized carbons (Fsp3) is 0.0476. The number of aromatic nitrogens is 2.